The molecule has 0 bridgehead atoms. The molecule has 3 heterocycles. The van der Waals surface area contributed by atoms with Gasteiger partial charge in [0.1, 0.15) is 6.04 Å². The van der Waals surface area contributed by atoms with E-state index in [1.54, 1.807) is 12.4 Å². The number of quaternary nitrogens is 1. The largest absolute Gasteiger partial charge is 0.544 e. The van der Waals surface area contributed by atoms with E-state index >= 15 is 0 Å². The van der Waals surface area contributed by atoms with Crippen molar-refractivity contribution in [3.8, 4) is 0 Å². The van der Waals surface area contributed by atoms with Crippen molar-refractivity contribution in [1.82, 2.24) is 9.97 Å². The van der Waals surface area contributed by atoms with Gasteiger partial charge in [0.15, 0.2) is 6.04 Å². The zero-order valence-electron chi connectivity index (χ0n) is 11.8. The highest BCUT2D eigenvalue weighted by Gasteiger charge is 2.34. The van der Waals surface area contributed by atoms with Crippen molar-refractivity contribution in [2.75, 3.05) is 0 Å². The number of nitrogens with two attached hydrogens (primary N) is 1. The maximum absolute atomic E-state index is 11.4. The second-order valence-electron chi connectivity index (χ2n) is 5.64. The Morgan fingerprint density at radius 2 is 2.00 bits per heavy atom. The summed E-state index contributed by atoms with van der Waals surface area (Å²) in [7, 11) is 0. The molecule has 3 N–H and O–H groups in total. The third kappa shape index (κ3) is 1.98. The van der Waals surface area contributed by atoms with Crippen molar-refractivity contribution in [2.45, 2.75) is 18.5 Å². The van der Waals surface area contributed by atoms with Gasteiger partial charge in [-0.1, -0.05) is 18.2 Å². The molecule has 1 aliphatic heterocycles. The first-order valence-corrected chi connectivity index (χ1v) is 7.29. The quantitative estimate of drug-likeness (QED) is 0.691. The fraction of sp³-hybridized carbons (Fsp3) is 0.176. The van der Waals surface area contributed by atoms with Gasteiger partial charge in [-0.05, 0) is 23.8 Å². The lowest BCUT2D eigenvalue weighted by Gasteiger charge is -2.28. The highest BCUT2D eigenvalue weighted by Crippen LogP contribution is 2.31. The first kappa shape index (κ1) is 13.0. The van der Waals surface area contributed by atoms with Crippen molar-refractivity contribution < 1.29 is 15.2 Å². The van der Waals surface area contributed by atoms with E-state index in [0.717, 1.165) is 27.7 Å². The summed E-state index contributed by atoms with van der Waals surface area (Å²) in [5.41, 5.74) is 4.23. The van der Waals surface area contributed by atoms with Crippen LogP contribution in [0.15, 0.2) is 48.8 Å². The van der Waals surface area contributed by atoms with E-state index in [1.165, 1.54) is 0 Å². The van der Waals surface area contributed by atoms with Gasteiger partial charge in [0.2, 0.25) is 0 Å². The summed E-state index contributed by atoms with van der Waals surface area (Å²) < 4.78 is 0. The van der Waals surface area contributed by atoms with E-state index in [9.17, 15) is 9.90 Å². The maximum atomic E-state index is 11.4. The Labute approximate surface area is 127 Å². The predicted octanol–water partition coefficient (Wildman–Crippen LogP) is -0.110. The summed E-state index contributed by atoms with van der Waals surface area (Å²) in [6, 6.07) is 11.2. The number of aliphatic carboxylic acids is 1. The van der Waals surface area contributed by atoms with Crippen molar-refractivity contribution in [3.05, 3.63) is 65.6 Å². The molecule has 2 aromatic heterocycles. The molecule has 22 heavy (non-hydrogen) atoms. The molecule has 2 atom stereocenters. The smallest absolute Gasteiger partial charge is 0.153 e. The number of hydrogen-bond acceptors (Lipinski definition) is 3. The Bertz CT molecular complexity index is 841. The van der Waals surface area contributed by atoms with Crippen molar-refractivity contribution in [2.24, 2.45) is 0 Å². The normalized spacial score (nSPS) is 20.7. The molecule has 0 amide bonds. The zero-order valence-corrected chi connectivity index (χ0v) is 11.8. The number of nitrogens with zero attached hydrogens (tertiary/aromatic N) is 1. The number of H-pyrrole nitrogens is 1. The fourth-order valence-electron chi connectivity index (χ4n) is 3.33. The van der Waals surface area contributed by atoms with Crippen molar-refractivity contribution in [1.29, 1.82) is 0 Å². The van der Waals surface area contributed by atoms with Crippen LogP contribution in [0.25, 0.3) is 10.9 Å². The van der Waals surface area contributed by atoms with Crippen LogP contribution in [0.5, 0.6) is 0 Å². The lowest BCUT2D eigenvalue weighted by molar-refractivity contribution is -0.717. The Balaban J connectivity index is 1.91. The number of hydrogen-bond donors (Lipinski definition) is 2. The lowest BCUT2D eigenvalue weighted by atomic mass is 9.91. The van der Waals surface area contributed by atoms with Gasteiger partial charge in [0.25, 0.3) is 0 Å². The number of para-hydroxylation sites is 1. The Kier molecular flexibility index (Phi) is 2.94. The molecule has 0 unspecified atom stereocenters. The molecule has 110 valence electrons. The molecule has 0 spiro atoms. The Morgan fingerprint density at radius 3 is 2.77 bits per heavy atom. The lowest BCUT2D eigenvalue weighted by Crippen LogP contribution is -2.95. The molecular weight excluding hydrogens is 278 g/mol. The van der Waals surface area contributed by atoms with E-state index in [2.05, 4.69) is 9.97 Å². The van der Waals surface area contributed by atoms with E-state index < -0.39 is 12.0 Å². The van der Waals surface area contributed by atoms with Gasteiger partial charge in [0, 0.05) is 35.3 Å². The van der Waals surface area contributed by atoms with Gasteiger partial charge in [0.05, 0.1) is 11.7 Å². The third-order valence-corrected chi connectivity index (χ3v) is 4.37. The van der Waals surface area contributed by atoms with E-state index in [1.807, 2.05) is 41.7 Å². The first-order valence-electron chi connectivity index (χ1n) is 7.29. The number of carbonyl (C=O) groups is 1. The number of rotatable bonds is 2. The summed E-state index contributed by atoms with van der Waals surface area (Å²) in [6.07, 6.45) is 3.94. The fourth-order valence-corrected chi connectivity index (χ4v) is 3.33. The number of nitrogens with one attached hydrogen (secondary N) is 1. The van der Waals surface area contributed by atoms with Crippen LogP contribution in [0, 0.1) is 0 Å². The van der Waals surface area contributed by atoms with Crippen LogP contribution in [0.2, 0.25) is 0 Å². The number of carbonyl (C=O) groups excluding carboxylic acids is 1. The molecule has 1 aromatic carbocycles. The molecule has 0 aliphatic carbocycles. The number of benzene rings is 1. The number of aromatic nitrogens is 2. The number of aromatic amines is 1. The third-order valence-electron chi connectivity index (χ3n) is 4.37. The van der Waals surface area contributed by atoms with Gasteiger partial charge >= 0.3 is 0 Å². The van der Waals surface area contributed by atoms with E-state index in [-0.39, 0.29) is 6.04 Å². The Morgan fingerprint density at radius 1 is 1.23 bits per heavy atom. The van der Waals surface area contributed by atoms with Gasteiger partial charge in [-0.2, -0.15) is 0 Å². The van der Waals surface area contributed by atoms with Gasteiger partial charge in [-0.25, -0.2) is 0 Å². The summed E-state index contributed by atoms with van der Waals surface area (Å²) in [5, 5.41) is 14.4. The minimum Gasteiger partial charge on any atom is -0.544 e. The highest BCUT2D eigenvalue weighted by atomic mass is 16.4. The number of carboxylic acid groups (broad SMARTS) is 1. The van der Waals surface area contributed by atoms with Crippen LogP contribution in [-0.2, 0) is 11.2 Å². The molecule has 1 aliphatic rings. The minimum absolute atomic E-state index is 0.0814. The summed E-state index contributed by atoms with van der Waals surface area (Å²) in [4.78, 5) is 18.9. The first-order chi connectivity index (χ1) is 10.7. The highest BCUT2D eigenvalue weighted by molar-refractivity contribution is 5.86. The summed E-state index contributed by atoms with van der Waals surface area (Å²) >= 11 is 0. The predicted molar refractivity (Wildman–Crippen MR) is 78.8 cm³/mol. The van der Waals surface area contributed by atoms with Crippen LogP contribution in [0.1, 0.15) is 22.9 Å². The monoisotopic (exact) mass is 293 g/mol. The van der Waals surface area contributed by atoms with Crippen LogP contribution < -0.4 is 10.4 Å². The van der Waals surface area contributed by atoms with Gasteiger partial charge in [-0.3, -0.25) is 4.98 Å². The number of pyridine rings is 1. The van der Waals surface area contributed by atoms with E-state index in [4.69, 9.17) is 0 Å². The molecule has 0 saturated carbocycles. The second kappa shape index (κ2) is 4.96. The van der Waals surface area contributed by atoms with Crippen LogP contribution in [-0.4, -0.2) is 22.0 Å². The molecule has 0 radical (unpaired) electrons. The van der Waals surface area contributed by atoms with Crippen molar-refractivity contribution >= 4 is 16.9 Å². The number of carboxylic acids is 1. The molecule has 5 nitrogen and oxygen atoms in total. The molecule has 4 rings (SSSR count). The minimum atomic E-state index is -1.02. The number of fused-ring (bicyclic) bond motifs is 3. The topological polar surface area (TPSA) is 85.4 Å². The summed E-state index contributed by atoms with van der Waals surface area (Å²) in [5.74, 6) is -1.02. The molecule has 3 aromatic rings. The van der Waals surface area contributed by atoms with Crippen LogP contribution >= 0.6 is 0 Å². The molecule has 5 heteroatoms. The van der Waals surface area contributed by atoms with Crippen molar-refractivity contribution in [3.63, 3.8) is 0 Å². The summed E-state index contributed by atoms with van der Waals surface area (Å²) in [6.45, 7) is 0. The Hall–Kier alpha value is -2.66. The average molecular weight is 293 g/mol. The zero-order chi connectivity index (χ0) is 15.1. The average Bonchev–Trinajstić information content (AvgIpc) is 2.93. The second-order valence-corrected chi connectivity index (χ2v) is 5.64. The maximum Gasteiger partial charge on any atom is 0.153 e. The molecule has 0 fully saturated rings. The molecular formula is C17H15N3O2. The van der Waals surface area contributed by atoms with Crippen LogP contribution in [0.3, 0.4) is 0 Å². The van der Waals surface area contributed by atoms with Gasteiger partial charge in [-0.15, -0.1) is 0 Å². The van der Waals surface area contributed by atoms with Crippen LogP contribution in [0.4, 0.5) is 0 Å². The standard InChI is InChI=1S/C17H15N3O2/c21-17(22)14-9-12-11-3-1-2-4-13(11)19-16(12)15(20-14)10-5-7-18-8-6-10/h1-8,14-15,19-20H,9H2,(H,21,22)/t14-,15-/m1/s1. The molecule has 0 saturated heterocycles. The van der Waals surface area contributed by atoms with Gasteiger partial charge < -0.3 is 20.2 Å². The SMILES string of the molecule is O=C([O-])[C@H]1Cc2c([nH]c3ccccc23)[C@@H](c2ccncc2)[NH2+]1. The van der Waals surface area contributed by atoms with E-state index in [0.29, 0.717) is 6.42 Å².